The lowest BCUT2D eigenvalue weighted by Crippen LogP contribution is -2.56. The van der Waals surface area contributed by atoms with Gasteiger partial charge in [0.2, 0.25) is 0 Å². The zero-order valence-electron chi connectivity index (χ0n) is 19.6. The minimum Gasteiger partial charge on any atom is -0.447 e. The van der Waals surface area contributed by atoms with E-state index < -0.39 is 52.5 Å². The topological polar surface area (TPSA) is 119 Å². The van der Waals surface area contributed by atoms with Crippen molar-refractivity contribution in [3.63, 3.8) is 0 Å². The molecule has 0 saturated carbocycles. The number of thioether (sulfide) groups is 1. The summed E-state index contributed by atoms with van der Waals surface area (Å²) in [5, 5.41) is 13.9. The van der Waals surface area contributed by atoms with E-state index >= 15 is 0 Å². The van der Waals surface area contributed by atoms with Gasteiger partial charge in [0.1, 0.15) is 17.8 Å². The highest BCUT2D eigenvalue weighted by Crippen LogP contribution is 2.55. The van der Waals surface area contributed by atoms with E-state index in [2.05, 4.69) is 5.32 Å². The lowest BCUT2D eigenvalue weighted by Gasteiger charge is -2.41. The largest absolute Gasteiger partial charge is 0.447 e. The molecule has 5 atom stereocenters. The lowest BCUT2D eigenvalue weighted by molar-refractivity contribution is -0.193. The quantitative estimate of drug-likeness (QED) is 0.422. The summed E-state index contributed by atoms with van der Waals surface area (Å²) in [6, 6.07) is 13.0. The predicted octanol–water partition coefficient (Wildman–Crippen LogP) is 2.44. The number of benzene rings is 2. The van der Waals surface area contributed by atoms with Crippen molar-refractivity contribution in [2.24, 2.45) is 11.8 Å². The summed E-state index contributed by atoms with van der Waals surface area (Å²) in [4.78, 5) is 49.3. The Morgan fingerprint density at radius 3 is 2.57 bits per heavy atom. The predicted molar refractivity (Wildman–Crippen MR) is 129 cm³/mol. The van der Waals surface area contributed by atoms with Gasteiger partial charge in [-0.3, -0.25) is 19.2 Å². The van der Waals surface area contributed by atoms with Crippen LogP contribution in [0.1, 0.15) is 35.3 Å². The number of hydrogen-bond donors (Lipinski definition) is 2. The number of esters is 2. The van der Waals surface area contributed by atoms with E-state index in [0.717, 1.165) is 5.56 Å². The molecular formula is C26H27NO7S. The molecule has 2 aliphatic heterocycles. The number of aliphatic hydroxyl groups is 1. The summed E-state index contributed by atoms with van der Waals surface area (Å²) >= 11 is 1.38. The van der Waals surface area contributed by atoms with Crippen LogP contribution in [0.2, 0.25) is 0 Å². The van der Waals surface area contributed by atoms with Crippen LogP contribution in [0.15, 0.2) is 48.5 Å². The molecule has 2 aromatic rings. The molecular weight excluding hydrogens is 470 g/mol. The number of ketones is 1. The SMILES string of the molecule is CC(=O)Oc1cccc(C(=O)N[C@@H](Cc2ccccc2)[C@H](O)C(=O)C2CSC3(C)OC(=O)[C@@H]23)c1C. The Hall–Kier alpha value is -3.17. The van der Waals surface area contributed by atoms with Crippen molar-refractivity contribution in [1.82, 2.24) is 5.32 Å². The van der Waals surface area contributed by atoms with Crippen LogP contribution in [-0.2, 0) is 25.5 Å². The van der Waals surface area contributed by atoms with Crippen molar-refractivity contribution >= 4 is 35.4 Å². The van der Waals surface area contributed by atoms with Crippen LogP contribution in [0.25, 0.3) is 0 Å². The van der Waals surface area contributed by atoms with Crippen molar-refractivity contribution in [1.29, 1.82) is 0 Å². The number of aliphatic hydroxyl groups excluding tert-OH is 1. The summed E-state index contributed by atoms with van der Waals surface area (Å²) in [7, 11) is 0. The minimum atomic E-state index is -1.53. The fourth-order valence-electron chi connectivity index (χ4n) is 4.63. The third-order valence-corrected chi connectivity index (χ3v) is 7.95. The summed E-state index contributed by atoms with van der Waals surface area (Å²) in [6.45, 7) is 4.69. The van der Waals surface area contributed by atoms with Crippen molar-refractivity contribution in [2.75, 3.05) is 5.75 Å². The zero-order valence-corrected chi connectivity index (χ0v) is 20.5. The van der Waals surface area contributed by atoms with Gasteiger partial charge in [0.15, 0.2) is 10.7 Å². The number of hydrogen-bond acceptors (Lipinski definition) is 8. The number of rotatable bonds is 8. The first-order valence-corrected chi connectivity index (χ1v) is 12.3. The normalized spacial score (nSPS) is 24.4. The van der Waals surface area contributed by atoms with E-state index in [1.807, 2.05) is 30.3 Å². The monoisotopic (exact) mass is 497 g/mol. The number of carbonyl (C=O) groups excluding carboxylic acids is 4. The van der Waals surface area contributed by atoms with Gasteiger partial charge in [0, 0.05) is 29.7 Å². The summed E-state index contributed by atoms with van der Waals surface area (Å²) in [5.74, 6) is -2.64. The van der Waals surface area contributed by atoms with E-state index in [-0.39, 0.29) is 17.7 Å². The maximum Gasteiger partial charge on any atom is 0.316 e. The maximum atomic E-state index is 13.3. The van der Waals surface area contributed by atoms with E-state index in [1.165, 1.54) is 18.7 Å². The molecule has 2 N–H and O–H groups in total. The molecule has 0 aromatic heterocycles. The average molecular weight is 498 g/mol. The van der Waals surface area contributed by atoms with Gasteiger partial charge in [0.05, 0.1) is 6.04 Å². The van der Waals surface area contributed by atoms with E-state index in [4.69, 9.17) is 9.47 Å². The Morgan fingerprint density at radius 2 is 1.91 bits per heavy atom. The Bertz CT molecular complexity index is 1170. The van der Waals surface area contributed by atoms with Gasteiger partial charge in [-0.05, 0) is 38.0 Å². The highest BCUT2D eigenvalue weighted by Gasteiger charge is 2.64. The molecule has 0 bridgehead atoms. The molecule has 0 aliphatic carbocycles. The molecule has 35 heavy (non-hydrogen) atoms. The zero-order chi connectivity index (χ0) is 25.3. The molecule has 2 unspecified atom stereocenters. The highest BCUT2D eigenvalue weighted by molar-refractivity contribution is 8.00. The van der Waals surface area contributed by atoms with Crippen molar-refractivity contribution in [2.45, 2.75) is 44.3 Å². The van der Waals surface area contributed by atoms with Gasteiger partial charge in [-0.15, -0.1) is 11.8 Å². The summed E-state index contributed by atoms with van der Waals surface area (Å²) in [6.07, 6.45) is -1.33. The molecule has 8 nitrogen and oxygen atoms in total. The van der Waals surface area contributed by atoms with Crippen molar-refractivity contribution < 1.29 is 33.8 Å². The first-order chi connectivity index (χ1) is 16.6. The van der Waals surface area contributed by atoms with Crippen LogP contribution >= 0.6 is 11.8 Å². The second-order valence-electron chi connectivity index (χ2n) is 8.97. The Balaban J connectivity index is 1.58. The van der Waals surface area contributed by atoms with Gasteiger partial charge in [-0.1, -0.05) is 36.4 Å². The van der Waals surface area contributed by atoms with Gasteiger partial charge >= 0.3 is 11.9 Å². The molecule has 184 valence electrons. The minimum absolute atomic E-state index is 0.203. The van der Waals surface area contributed by atoms with Gasteiger partial charge in [-0.25, -0.2) is 0 Å². The molecule has 2 aliphatic rings. The number of Topliss-reactive ketones (excluding diaryl/α,β-unsaturated/α-hetero) is 1. The average Bonchev–Trinajstić information content (AvgIpc) is 3.09. The molecule has 9 heteroatoms. The molecule has 4 rings (SSSR count). The number of ether oxygens (including phenoxy) is 2. The molecule has 2 saturated heterocycles. The third kappa shape index (κ3) is 4.97. The van der Waals surface area contributed by atoms with Crippen LogP contribution in [0.5, 0.6) is 5.75 Å². The number of carbonyl (C=O) groups is 4. The third-order valence-electron chi connectivity index (χ3n) is 6.51. The van der Waals surface area contributed by atoms with Gasteiger partial charge < -0.3 is 19.9 Å². The second-order valence-corrected chi connectivity index (χ2v) is 10.4. The van der Waals surface area contributed by atoms with Crippen LogP contribution in [-0.4, -0.2) is 51.6 Å². The molecule has 0 spiro atoms. The Labute approximate surface area is 207 Å². The van der Waals surface area contributed by atoms with Gasteiger partial charge in [-0.2, -0.15) is 0 Å². The molecule has 0 radical (unpaired) electrons. The Morgan fingerprint density at radius 1 is 1.20 bits per heavy atom. The van der Waals surface area contributed by atoms with Crippen LogP contribution in [0.4, 0.5) is 0 Å². The smallest absolute Gasteiger partial charge is 0.316 e. The maximum absolute atomic E-state index is 13.3. The Kier molecular flexibility index (Phi) is 7.00. The van der Waals surface area contributed by atoms with Gasteiger partial charge in [0.25, 0.3) is 5.91 Å². The molecule has 2 aromatic carbocycles. The second kappa shape index (κ2) is 9.83. The first kappa shape index (κ1) is 24.9. The lowest BCUT2D eigenvalue weighted by atomic mass is 9.80. The molecule has 1 amide bonds. The van der Waals surface area contributed by atoms with Crippen LogP contribution in [0.3, 0.4) is 0 Å². The fourth-order valence-corrected chi connectivity index (χ4v) is 6.08. The van der Waals surface area contributed by atoms with E-state index in [9.17, 15) is 24.3 Å². The van der Waals surface area contributed by atoms with Crippen LogP contribution in [0, 0.1) is 18.8 Å². The standard InChI is InChI=1S/C26H27NO7S/c1-14-17(10-7-11-20(14)33-15(2)28)24(31)27-19(12-16-8-5-4-6-9-16)23(30)22(29)18-13-35-26(3)21(18)25(32)34-26/h4-11,18-19,21,23,30H,12-13H2,1-3H3,(H,27,31)/t18?,19-,21+,23-,26?/m0/s1. The van der Waals surface area contributed by atoms with E-state index in [0.29, 0.717) is 11.3 Å². The summed E-state index contributed by atoms with van der Waals surface area (Å²) < 4.78 is 10.4. The number of nitrogens with one attached hydrogen (secondary N) is 1. The molecule has 2 heterocycles. The van der Waals surface area contributed by atoms with Crippen LogP contribution < -0.4 is 10.1 Å². The number of fused-ring (bicyclic) bond motifs is 1. The summed E-state index contributed by atoms with van der Waals surface area (Å²) in [5.41, 5.74) is 1.54. The first-order valence-electron chi connectivity index (χ1n) is 11.3. The fraction of sp³-hybridized carbons (Fsp3) is 0.385. The number of amides is 1. The van der Waals surface area contributed by atoms with Crippen molar-refractivity contribution in [3.05, 3.63) is 65.2 Å². The molecule has 2 fully saturated rings. The van der Waals surface area contributed by atoms with Crippen molar-refractivity contribution in [3.8, 4) is 5.75 Å². The van der Waals surface area contributed by atoms with E-state index in [1.54, 1.807) is 32.0 Å². The highest BCUT2D eigenvalue weighted by atomic mass is 32.2.